The molecule has 1 aromatic heterocycles. The van der Waals surface area contributed by atoms with E-state index in [-0.39, 0.29) is 6.42 Å². The number of nitrogens with one attached hydrogen (secondary N) is 1. The summed E-state index contributed by atoms with van der Waals surface area (Å²) in [6, 6.07) is 0.162. The number of rotatable bonds is 0. The van der Waals surface area contributed by atoms with Gasteiger partial charge in [0.05, 0.1) is 0 Å². The molecule has 1 N–H and O–H groups in total. The molecule has 2 rings (SSSR count). The van der Waals surface area contributed by atoms with Gasteiger partial charge in [-0.3, -0.25) is 4.99 Å². The molecule has 0 radical (unpaired) electrons. The van der Waals surface area contributed by atoms with Gasteiger partial charge in [0, 0.05) is 17.8 Å². The van der Waals surface area contributed by atoms with Gasteiger partial charge in [0.2, 0.25) is 0 Å². The lowest BCUT2D eigenvalue weighted by Crippen LogP contribution is -2.38. The molecule has 1 aliphatic heterocycles. The van der Waals surface area contributed by atoms with Crippen LogP contribution in [0.5, 0.6) is 0 Å². The Hall–Kier alpha value is -1.26. The van der Waals surface area contributed by atoms with Crippen LogP contribution in [0.2, 0.25) is 0 Å². The lowest BCUT2D eigenvalue weighted by molar-refractivity contribution is -0.146. The quantitative estimate of drug-likeness (QED) is 0.653. The number of nitrogens with zero attached hydrogens (tertiary/aromatic N) is 1. The Kier molecular flexibility index (Phi) is 1.90. The molecular weight excluding hydrogens is 193 g/mol. The first-order valence-corrected chi connectivity index (χ1v) is 4.26. The van der Waals surface area contributed by atoms with Crippen LogP contribution in [0.1, 0.15) is 13.3 Å². The Morgan fingerprint density at radius 2 is 2.21 bits per heavy atom. The first-order valence-electron chi connectivity index (χ1n) is 4.26. The van der Waals surface area contributed by atoms with Crippen LogP contribution >= 0.6 is 0 Å². The van der Waals surface area contributed by atoms with Crippen LogP contribution in [-0.4, -0.2) is 17.2 Å². The Morgan fingerprint density at radius 3 is 2.86 bits per heavy atom. The van der Waals surface area contributed by atoms with E-state index >= 15 is 0 Å². The number of aromatic nitrogens is 1. The van der Waals surface area contributed by atoms with E-state index in [0.29, 0.717) is 5.49 Å². The molecule has 1 aromatic rings. The molecule has 0 fully saturated rings. The molecule has 0 saturated heterocycles. The van der Waals surface area contributed by atoms with Crippen molar-refractivity contribution in [1.29, 1.82) is 0 Å². The molecule has 1 aliphatic rings. The Bertz CT molecular complexity index is 455. The van der Waals surface area contributed by atoms with Crippen LogP contribution in [0.25, 0.3) is 5.57 Å². The van der Waals surface area contributed by atoms with Crippen molar-refractivity contribution >= 4 is 5.57 Å². The van der Waals surface area contributed by atoms with Gasteiger partial charge < -0.3 is 4.98 Å². The number of alkyl halides is 3. The predicted molar refractivity (Wildman–Crippen MR) is 45.1 cm³/mol. The molecule has 1 unspecified atom stereocenters. The average Bonchev–Trinajstić information content (AvgIpc) is 2.50. The van der Waals surface area contributed by atoms with Crippen LogP contribution < -0.4 is 10.7 Å². The third-order valence-electron chi connectivity index (χ3n) is 2.35. The molecular formula is C9H9F3N2. The van der Waals surface area contributed by atoms with Gasteiger partial charge in [0.1, 0.15) is 5.49 Å². The highest BCUT2D eigenvalue weighted by atomic mass is 19.4. The van der Waals surface area contributed by atoms with Crippen molar-refractivity contribution in [1.82, 2.24) is 4.98 Å². The minimum Gasteiger partial charge on any atom is -0.346 e. The second kappa shape index (κ2) is 2.87. The SMILES string of the molecule is CC1=c2cc[nH]c2=NC(C(F)(F)F)C1. The van der Waals surface area contributed by atoms with Gasteiger partial charge in [-0.1, -0.05) is 5.57 Å². The minimum absolute atomic E-state index is 0.0334. The van der Waals surface area contributed by atoms with Crippen molar-refractivity contribution in [2.45, 2.75) is 25.6 Å². The van der Waals surface area contributed by atoms with Crippen LogP contribution in [0.4, 0.5) is 13.2 Å². The molecule has 76 valence electrons. The number of halogens is 3. The number of H-pyrrole nitrogens is 1. The fraction of sp³-hybridized carbons (Fsp3) is 0.444. The van der Waals surface area contributed by atoms with Gasteiger partial charge in [0.15, 0.2) is 6.04 Å². The predicted octanol–water partition coefficient (Wildman–Crippen LogP) is 1.14. The molecule has 2 nitrogen and oxygen atoms in total. The maximum absolute atomic E-state index is 12.4. The van der Waals surface area contributed by atoms with Gasteiger partial charge in [-0.05, 0) is 13.0 Å². The maximum Gasteiger partial charge on any atom is 0.411 e. The highest BCUT2D eigenvalue weighted by Gasteiger charge is 2.40. The van der Waals surface area contributed by atoms with E-state index in [1.165, 1.54) is 0 Å². The monoisotopic (exact) mass is 202 g/mol. The fourth-order valence-corrected chi connectivity index (χ4v) is 1.60. The van der Waals surface area contributed by atoms with Crippen LogP contribution in [0, 0.1) is 0 Å². The molecule has 1 atom stereocenters. The summed E-state index contributed by atoms with van der Waals surface area (Å²) in [5, 5.41) is 0.797. The zero-order chi connectivity index (χ0) is 10.3. The van der Waals surface area contributed by atoms with E-state index in [1.54, 1.807) is 19.2 Å². The molecule has 2 heterocycles. The Morgan fingerprint density at radius 1 is 1.50 bits per heavy atom. The highest BCUT2D eigenvalue weighted by Crippen LogP contribution is 2.28. The largest absolute Gasteiger partial charge is 0.411 e. The summed E-state index contributed by atoms with van der Waals surface area (Å²) < 4.78 is 37.2. The van der Waals surface area contributed by atoms with Crippen molar-refractivity contribution in [3.63, 3.8) is 0 Å². The lowest BCUT2D eigenvalue weighted by Gasteiger charge is -2.18. The van der Waals surface area contributed by atoms with E-state index in [0.717, 1.165) is 10.8 Å². The van der Waals surface area contributed by atoms with Gasteiger partial charge in [-0.15, -0.1) is 0 Å². The summed E-state index contributed by atoms with van der Waals surface area (Å²) in [5.74, 6) is 0. The second-order valence-corrected chi connectivity index (χ2v) is 3.41. The van der Waals surface area contributed by atoms with Gasteiger partial charge in [-0.2, -0.15) is 13.2 Å². The zero-order valence-electron chi connectivity index (χ0n) is 7.52. The van der Waals surface area contributed by atoms with E-state index in [9.17, 15) is 13.2 Å². The third-order valence-corrected chi connectivity index (χ3v) is 2.35. The summed E-state index contributed by atoms with van der Waals surface area (Å²) in [4.78, 5) is 6.33. The van der Waals surface area contributed by atoms with Crippen molar-refractivity contribution in [2.24, 2.45) is 4.99 Å². The average molecular weight is 202 g/mol. The lowest BCUT2D eigenvalue weighted by atomic mass is 10.0. The van der Waals surface area contributed by atoms with Gasteiger partial charge in [-0.25, -0.2) is 0 Å². The van der Waals surface area contributed by atoms with E-state index in [1.807, 2.05) is 0 Å². The molecule has 0 aliphatic carbocycles. The van der Waals surface area contributed by atoms with Crippen LogP contribution in [0.15, 0.2) is 17.3 Å². The van der Waals surface area contributed by atoms with Crippen LogP contribution in [0.3, 0.4) is 0 Å². The number of hydrogen-bond acceptors (Lipinski definition) is 1. The Labute approximate surface area is 78.2 Å². The molecule has 0 bridgehead atoms. The summed E-state index contributed by atoms with van der Waals surface area (Å²) in [5.41, 5.74) is 1.08. The molecule has 14 heavy (non-hydrogen) atoms. The zero-order valence-corrected chi connectivity index (χ0v) is 7.52. The fourth-order valence-electron chi connectivity index (χ4n) is 1.60. The van der Waals surface area contributed by atoms with Gasteiger partial charge >= 0.3 is 6.18 Å². The summed E-state index contributed by atoms with van der Waals surface area (Å²) >= 11 is 0. The number of hydrogen-bond donors (Lipinski definition) is 1. The minimum atomic E-state index is -4.25. The number of fused-ring (bicyclic) bond motifs is 1. The van der Waals surface area contributed by atoms with E-state index in [4.69, 9.17) is 0 Å². The molecule has 0 saturated carbocycles. The summed E-state index contributed by atoms with van der Waals surface area (Å²) in [6.07, 6.45) is -2.67. The first kappa shape index (κ1) is 9.30. The topological polar surface area (TPSA) is 28.1 Å². The molecule has 0 aromatic carbocycles. The second-order valence-electron chi connectivity index (χ2n) is 3.41. The normalized spacial score (nSPS) is 21.7. The summed E-state index contributed by atoms with van der Waals surface area (Å²) in [6.45, 7) is 1.71. The van der Waals surface area contributed by atoms with Crippen LogP contribution in [-0.2, 0) is 0 Å². The smallest absolute Gasteiger partial charge is 0.346 e. The van der Waals surface area contributed by atoms with Crippen molar-refractivity contribution in [2.75, 3.05) is 0 Å². The van der Waals surface area contributed by atoms with Gasteiger partial charge in [0.25, 0.3) is 0 Å². The maximum atomic E-state index is 12.4. The highest BCUT2D eigenvalue weighted by molar-refractivity contribution is 5.43. The summed E-state index contributed by atoms with van der Waals surface area (Å²) in [7, 11) is 0. The molecule has 0 spiro atoms. The third kappa shape index (κ3) is 1.42. The van der Waals surface area contributed by atoms with Crippen molar-refractivity contribution in [3.05, 3.63) is 23.0 Å². The van der Waals surface area contributed by atoms with E-state index < -0.39 is 12.2 Å². The molecule has 0 amide bonds. The van der Waals surface area contributed by atoms with Crippen molar-refractivity contribution < 1.29 is 13.2 Å². The number of aromatic amines is 1. The standard InChI is InChI=1S/C9H9F3N2/c1-5-4-7(9(10,11)12)14-8-6(5)2-3-13-8/h2-3,7H,4H2,1H3,(H,13,14). The Balaban J connectivity index is 2.54. The van der Waals surface area contributed by atoms with E-state index in [2.05, 4.69) is 9.98 Å². The molecule has 5 heteroatoms. The van der Waals surface area contributed by atoms with Crippen molar-refractivity contribution in [3.8, 4) is 0 Å². The first-order chi connectivity index (χ1) is 6.48.